The molecule has 114 valence electrons. The molecule has 0 radical (unpaired) electrons. The predicted octanol–water partition coefficient (Wildman–Crippen LogP) is 2.74. The zero-order chi connectivity index (χ0) is 14.4. The minimum atomic E-state index is 0.329. The summed E-state index contributed by atoms with van der Waals surface area (Å²) < 4.78 is 5.61. The zero-order valence-electron chi connectivity index (χ0n) is 13.6. The molecule has 3 heteroatoms. The van der Waals surface area contributed by atoms with Gasteiger partial charge in [0.1, 0.15) is 0 Å². The smallest absolute Gasteiger partial charge is 0.0596 e. The number of rotatable bonds is 7. The van der Waals surface area contributed by atoms with Gasteiger partial charge >= 0.3 is 0 Å². The summed E-state index contributed by atoms with van der Waals surface area (Å²) >= 11 is 0. The SMILES string of the molecule is CC(C)OCCN(C)CC1CC(C(C)C)CCC1N. The van der Waals surface area contributed by atoms with Gasteiger partial charge in [-0.2, -0.15) is 0 Å². The summed E-state index contributed by atoms with van der Waals surface area (Å²) in [6.45, 7) is 11.8. The number of hydrogen-bond donors (Lipinski definition) is 1. The molecule has 19 heavy (non-hydrogen) atoms. The van der Waals surface area contributed by atoms with Crippen LogP contribution < -0.4 is 5.73 Å². The molecule has 1 saturated carbocycles. The molecule has 1 aliphatic carbocycles. The van der Waals surface area contributed by atoms with Crippen LogP contribution in [-0.2, 0) is 4.74 Å². The lowest BCUT2D eigenvalue weighted by atomic mass is 9.74. The third kappa shape index (κ3) is 6.24. The molecule has 0 aromatic heterocycles. The van der Waals surface area contributed by atoms with E-state index < -0.39 is 0 Å². The van der Waals surface area contributed by atoms with E-state index in [-0.39, 0.29) is 0 Å². The molecule has 1 rings (SSSR count). The van der Waals surface area contributed by atoms with E-state index in [1.54, 1.807) is 0 Å². The second kappa shape index (κ2) is 8.23. The maximum Gasteiger partial charge on any atom is 0.0596 e. The fourth-order valence-corrected chi connectivity index (χ4v) is 3.08. The molecule has 3 unspecified atom stereocenters. The van der Waals surface area contributed by atoms with Gasteiger partial charge in [0.2, 0.25) is 0 Å². The van der Waals surface area contributed by atoms with Gasteiger partial charge in [-0.1, -0.05) is 13.8 Å². The summed E-state index contributed by atoms with van der Waals surface area (Å²) in [7, 11) is 2.19. The third-order valence-corrected chi connectivity index (χ3v) is 4.49. The van der Waals surface area contributed by atoms with Crippen molar-refractivity contribution in [1.82, 2.24) is 4.90 Å². The first kappa shape index (κ1) is 16.9. The minimum absolute atomic E-state index is 0.329. The summed E-state index contributed by atoms with van der Waals surface area (Å²) in [6.07, 6.45) is 4.14. The average Bonchev–Trinajstić information content (AvgIpc) is 2.31. The van der Waals surface area contributed by atoms with Crippen molar-refractivity contribution in [1.29, 1.82) is 0 Å². The molecule has 3 nitrogen and oxygen atoms in total. The first-order chi connectivity index (χ1) is 8.90. The van der Waals surface area contributed by atoms with Gasteiger partial charge in [0, 0.05) is 19.1 Å². The highest BCUT2D eigenvalue weighted by atomic mass is 16.5. The van der Waals surface area contributed by atoms with Crippen molar-refractivity contribution in [2.75, 3.05) is 26.7 Å². The van der Waals surface area contributed by atoms with Crippen molar-refractivity contribution < 1.29 is 4.74 Å². The summed E-state index contributed by atoms with van der Waals surface area (Å²) in [5, 5.41) is 0. The molecular formula is C16H34N2O. The second-order valence-corrected chi connectivity index (χ2v) is 6.92. The standard InChI is InChI=1S/C16H34N2O/c1-12(2)14-6-7-16(17)15(10-14)11-18(5)8-9-19-13(3)4/h12-16H,6-11,17H2,1-5H3. The lowest BCUT2D eigenvalue weighted by molar-refractivity contribution is 0.0564. The third-order valence-electron chi connectivity index (χ3n) is 4.49. The van der Waals surface area contributed by atoms with Crippen molar-refractivity contribution in [2.24, 2.45) is 23.5 Å². The fraction of sp³-hybridized carbons (Fsp3) is 1.00. The molecule has 3 atom stereocenters. The van der Waals surface area contributed by atoms with E-state index in [4.69, 9.17) is 10.5 Å². The zero-order valence-corrected chi connectivity index (χ0v) is 13.6. The van der Waals surface area contributed by atoms with Crippen LogP contribution in [0, 0.1) is 17.8 Å². The van der Waals surface area contributed by atoms with E-state index in [0.29, 0.717) is 18.1 Å². The monoisotopic (exact) mass is 270 g/mol. The molecule has 1 aliphatic rings. The first-order valence-corrected chi connectivity index (χ1v) is 7.95. The van der Waals surface area contributed by atoms with Crippen LogP contribution in [0.15, 0.2) is 0 Å². The van der Waals surface area contributed by atoms with Gasteiger partial charge in [0.25, 0.3) is 0 Å². The molecule has 0 aromatic carbocycles. The number of ether oxygens (including phenoxy) is 1. The predicted molar refractivity (Wildman–Crippen MR) is 82.2 cm³/mol. The number of likely N-dealkylation sites (N-methyl/N-ethyl adjacent to an activating group) is 1. The van der Waals surface area contributed by atoms with Crippen LogP contribution in [0.3, 0.4) is 0 Å². The molecule has 0 aromatic rings. The van der Waals surface area contributed by atoms with Gasteiger partial charge in [0.05, 0.1) is 12.7 Å². The summed E-state index contributed by atoms with van der Waals surface area (Å²) in [4.78, 5) is 2.38. The normalized spacial score (nSPS) is 28.6. The van der Waals surface area contributed by atoms with Crippen molar-refractivity contribution >= 4 is 0 Å². The van der Waals surface area contributed by atoms with E-state index in [1.807, 2.05) is 0 Å². The molecule has 0 saturated heterocycles. The van der Waals surface area contributed by atoms with Crippen LogP contribution >= 0.6 is 0 Å². The highest BCUT2D eigenvalue weighted by Crippen LogP contribution is 2.33. The number of nitrogens with two attached hydrogens (primary N) is 1. The molecule has 0 aliphatic heterocycles. The fourth-order valence-electron chi connectivity index (χ4n) is 3.08. The summed E-state index contributed by atoms with van der Waals surface area (Å²) in [5.74, 6) is 2.32. The first-order valence-electron chi connectivity index (χ1n) is 7.95. The Morgan fingerprint density at radius 3 is 2.47 bits per heavy atom. The summed E-state index contributed by atoms with van der Waals surface area (Å²) in [5.41, 5.74) is 6.31. The maximum atomic E-state index is 6.31. The Morgan fingerprint density at radius 1 is 1.21 bits per heavy atom. The Labute approximate surface area is 119 Å². The van der Waals surface area contributed by atoms with Crippen LogP contribution in [0.1, 0.15) is 47.0 Å². The average molecular weight is 270 g/mol. The van der Waals surface area contributed by atoms with Crippen molar-refractivity contribution in [3.8, 4) is 0 Å². The lowest BCUT2D eigenvalue weighted by Crippen LogP contribution is -2.43. The molecule has 0 bridgehead atoms. The van der Waals surface area contributed by atoms with Gasteiger partial charge in [-0.3, -0.25) is 0 Å². The highest BCUT2D eigenvalue weighted by molar-refractivity contribution is 4.85. The van der Waals surface area contributed by atoms with E-state index >= 15 is 0 Å². The largest absolute Gasteiger partial charge is 0.377 e. The summed E-state index contributed by atoms with van der Waals surface area (Å²) in [6, 6.07) is 0.392. The Hall–Kier alpha value is -0.120. The van der Waals surface area contributed by atoms with Crippen LogP contribution in [0.5, 0.6) is 0 Å². The number of nitrogens with zero attached hydrogens (tertiary/aromatic N) is 1. The molecule has 0 amide bonds. The van der Waals surface area contributed by atoms with Gasteiger partial charge in [-0.15, -0.1) is 0 Å². The van der Waals surface area contributed by atoms with E-state index in [9.17, 15) is 0 Å². The van der Waals surface area contributed by atoms with E-state index in [1.165, 1.54) is 19.3 Å². The molecular weight excluding hydrogens is 236 g/mol. The van der Waals surface area contributed by atoms with Crippen LogP contribution in [0.4, 0.5) is 0 Å². The van der Waals surface area contributed by atoms with Gasteiger partial charge < -0.3 is 15.4 Å². The molecule has 2 N–H and O–H groups in total. The molecule has 0 heterocycles. The van der Waals surface area contributed by atoms with Gasteiger partial charge in [-0.25, -0.2) is 0 Å². The Morgan fingerprint density at radius 2 is 1.89 bits per heavy atom. The van der Waals surface area contributed by atoms with Crippen molar-refractivity contribution in [2.45, 2.75) is 59.1 Å². The highest BCUT2D eigenvalue weighted by Gasteiger charge is 2.30. The van der Waals surface area contributed by atoms with Gasteiger partial charge in [-0.05, 0) is 57.9 Å². The van der Waals surface area contributed by atoms with Crippen LogP contribution in [-0.4, -0.2) is 43.8 Å². The topological polar surface area (TPSA) is 38.5 Å². The van der Waals surface area contributed by atoms with E-state index in [2.05, 4.69) is 39.6 Å². The number of hydrogen-bond acceptors (Lipinski definition) is 3. The van der Waals surface area contributed by atoms with Gasteiger partial charge in [0.15, 0.2) is 0 Å². The Kier molecular flexibility index (Phi) is 7.33. The van der Waals surface area contributed by atoms with Crippen LogP contribution in [0.2, 0.25) is 0 Å². The lowest BCUT2D eigenvalue weighted by Gasteiger charge is -2.38. The Balaban J connectivity index is 2.32. The van der Waals surface area contributed by atoms with Crippen molar-refractivity contribution in [3.63, 3.8) is 0 Å². The molecule has 0 spiro atoms. The second-order valence-electron chi connectivity index (χ2n) is 6.92. The Bertz CT molecular complexity index is 243. The minimum Gasteiger partial charge on any atom is -0.377 e. The quantitative estimate of drug-likeness (QED) is 0.773. The van der Waals surface area contributed by atoms with Crippen molar-refractivity contribution in [3.05, 3.63) is 0 Å². The molecule has 1 fully saturated rings. The van der Waals surface area contributed by atoms with E-state index in [0.717, 1.165) is 31.5 Å². The van der Waals surface area contributed by atoms with Crippen LogP contribution in [0.25, 0.3) is 0 Å². The maximum absolute atomic E-state index is 6.31.